The molecule has 1 amide bonds. The van der Waals surface area contributed by atoms with Crippen LogP contribution in [0.1, 0.15) is 32.6 Å². The number of thiophene rings is 1. The summed E-state index contributed by atoms with van der Waals surface area (Å²) in [5, 5.41) is 12.5. The molecule has 0 saturated carbocycles. The average molecular weight is 387 g/mol. The summed E-state index contributed by atoms with van der Waals surface area (Å²) in [6.45, 7) is 3.65. The quantitative estimate of drug-likeness (QED) is 0.760. The Morgan fingerprint density at radius 2 is 2.08 bits per heavy atom. The van der Waals surface area contributed by atoms with Gasteiger partial charge in [0.1, 0.15) is 18.5 Å². The van der Waals surface area contributed by atoms with Gasteiger partial charge in [-0.1, -0.05) is 13.0 Å². The highest BCUT2D eigenvalue weighted by atomic mass is 32.1. The summed E-state index contributed by atoms with van der Waals surface area (Å²) in [7, 11) is 0. The maximum atomic E-state index is 12.6. The van der Waals surface area contributed by atoms with Gasteiger partial charge in [-0.2, -0.15) is 13.2 Å². The van der Waals surface area contributed by atoms with Crippen molar-refractivity contribution in [1.82, 2.24) is 5.32 Å². The van der Waals surface area contributed by atoms with Crippen LogP contribution in [0.25, 0.3) is 0 Å². The van der Waals surface area contributed by atoms with E-state index in [0.29, 0.717) is 4.88 Å². The fourth-order valence-electron chi connectivity index (χ4n) is 2.29. The number of carbonyl (C=O) groups is 1. The van der Waals surface area contributed by atoms with Gasteiger partial charge in [0.15, 0.2) is 0 Å². The summed E-state index contributed by atoms with van der Waals surface area (Å²) in [5.74, 6) is -0.289. The van der Waals surface area contributed by atoms with Crippen molar-refractivity contribution in [2.45, 2.75) is 32.5 Å². The average Bonchev–Trinajstić information content (AvgIpc) is 2.98. The van der Waals surface area contributed by atoms with Crippen LogP contribution in [-0.4, -0.2) is 30.3 Å². The third kappa shape index (κ3) is 5.47. The molecule has 1 aromatic heterocycles. The molecule has 142 valence electrons. The number of rotatable bonds is 7. The van der Waals surface area contributed by atoms with Gasteiger partial charge in [-0.25, -0.2) is 0 Å². The third-order valence-corrected chi connectivity index (χ3v) is 5.05. The van der Waals surface area contributed by atoms with Crippen molar-refractivity contribution in [1.29, 1.82) is 0 Å². The van der Waals surface area contributed by atoms with Gasteiger partial charge in [0.25, 0.3) is 5.91 Å². The first-order valence-electron chi connectivity index (χ1n) is 8.06. The number of aliphatic hydroxyl groups is 1. The van der Waals surface area contributed by atoms with Crippen molar-refractivity contribution >= 4 is 17.2 Å². The van der Waals surface area contributed by atoms with E-state index < -0.39 is 17.8 Å². The Kier molecular flexibility index (Phi) is 6.66. The van der Waals surface area contributed by atoms with Crippen LogP contribution in [-0.2, 0) is 12.6 Å². The van der Waals surface area contributed by atoms with Crippen LogP contribution in [0.15, 0.2) is 30.3 Å². The second-order valence-electron chi connectivity index (χ2n) is 5.77. The molecule has 0 spiro atoms. The standard InChI is InChI=1S/C18H20F3NO3S/c1-3-15-11(2)7-16(26-15)17(24)22-9-13(23)10-25-14-6-4-5-12(8-14)18(19,20)21/h4-8,13,23H,3,9-10H2,1-2H3,(H,22,24)/t13-/m0/s1. The lowest BCUT2D eigenvalue weighted by Gasteiger charge is -2.14. The van der Waals surface area contributed by atoms with Gasteiger partial charge in [-0.15, -0.1) is 11.3 Å². The number of hydrogen-bond donors (Lipinski definition) is 2. The molecule has 2 aromatic rings. The molecule has 0 aliphatic heterocycles. The fourth-order valence-corrected chi connectivity index (χ4v) is 3.32. The molecule has 0 saturated heterocycles. The summed E-state index contributed by atoms with van der Waals surface area (Å²) in [6.07, 6.45) is -4.65. The second kappa shape index (κ2) is 8.55. The van der Waals surface area contributed by atoms with E-state index in [2.05, 4.69) is 5.32 Å². The zero-order valence-electron chi connectivity index (χ0n) is 14.4. The number of carbonyl (C=O) groups excluding carboxylic acids is 1. The molecule has 1 aromatic carbocycles. The SMILES string of the molecule is CCc1sc(C(=O)NC[C@H](O)COc2cccc(C(F)(F)F)c2)cc1C. The van der Waals surface area contributed by atoms with Gasteiger partial charge in [-0.3, -0.25) is 4.79 Å². The normalized spacial score (nSPS) is 12.7. The zero-order chi connectivity index (χ0) is 19.3. The summed E-state index contributed by atoms with van der Waals surface area (Å²) in [6, 6.07) is 6.21. The van der Waals surface area contributed by atoms with E-state index >= 15 is 0 Å². The van der Waals surface area contributed by atoms with E-state index in [1.165, 1.54) is 23.5 Å². The number of halogens is 3. The zero-order valence-corrected chi connectivity index (χ0v) is 15.2. The lowest BCUT2D eigenvalue weighted by atomic mass is 10.2. The Balaban J connectivity index is 1.83. The van der Waals surface area contributed by atoms with E-state index in [-0.39, 0.29) is 24.8 Å². The number of amides is 1. The second-order valence-corrected chi connectivity index (χ2v) is 6.91. The number of nitrogens with one attached hydrogen (secondary N) is 1. The molecule has 1 atom stereocenters. The maximum absolute atomic E-state index is 12.6. The molecule has 0 radical (unpaired) electrons. The van der Waals surface area contributed by atoms with E-state index in [9.17, 15) is 23.1 Å². The van der Waals surface area contributed by atoms with Crippen molar-refractivity contribution in [2.24, 2.45) is 0 Å². The highest BCUT2D eigenvalue weighted by Gasteiger charge is 2.30. The molecular formula is C18H20F3NO3S. The molecule has 0 bridgehead atoms. The van der Waals surface area contributed by atoms with Gasteiger partial charge >= 0.3 is 6.18 Å². The number of benzene rings is 1. The van der Waals surface area contributed by atoms with Crippen LogP contribution < -0.4 is 10.1 Å². The van der Waals surface area contributed by atoms with Crippen molar-refractivity contribution in [3.8, 4) is 5.75 Å². The molecule has 0 unspecified atom stereocenters. The van der Waals surface area contributed by atoms with Crippen molar-refractivity contribution in [2.75, 3.05) is 13.2 Å². The molecule has 4 nitrogen and oxygen atoms in total. The Labute approximate surface area is 153 Å². The molecule has 1 heterocycles. The number of ether oxygens (including phenoxy) is 1. The molecule has 0 aliphatic carbocycles. The summed E-state index contributed by atoms with van der Waals surface area (Å²) in [5.41, 5.74) is 0.230. The van der Waals surface area contributed by atoms with Crippen LogP contribution in [0.3, 0.4) is 0 Å². The van der Waals surface area contributed by atoms with Crippen LogP contribution in [0, 0.1) is 6.92 Å². The molecule has 8 heteroatoms. The predicted molar refractivity (Wildman–Crippen MR) is 93.7 cm³/mol. The van der Waals surface area contributed by atoms with Gasteiger partial charge < -0.3 is 15.2 Å². The molecule has 26 heavy (non-hydrogen) atoms. The highest BCUT2D eigenvalue weighted by Crippen LogP contribution is 2.31. The summed E-state index contributed by atoms with van der Waals surface area (Å²) < 4.78 is 43.1. The molecular weight excluding hydrogens is 367 g/mol. The summed E-state index contributed by atoms with van der Waals surface area (Å²) >= 11 is 1.40. The van der Waals surface area contributed by atoms with E-state index in [1.54, 1.807) is 6.07 Å². The van der Waals surface area contributed by atoms with E-state index in [4.69, 9.17) is 4.74 Å². The Bertz CT molecular complexity index is 758. The number of hydrogen-bond acceptors (Lipinski definition) is 4. The first kappa shape index (κ1) is 20.3. The van der Waals surface area contributed by atoms with Crippen molar-refractivity contribution < 1.29 is 27.8 Å². The molecule has 2 rings (SSSR count). The van der Waals surface area contributed by atoms with Crippen molar-refractivity contribution in [3.63, 3.8) is 0 Å². The lowest BCUT2D eigenvalue weighted by Crippen LogP contribution is -2.35. The van der Waals surface area contributed by atoms with E-state index in [1.807, 2.05) is 13.8 Å². The lowest BCUT2D eigenvalue weighted by molar-refractivity contribution is -0.137. The molecule has 0 fully saturated rings. The minimum Gasteiger partial charge on any atom is -0.491 e. The first-order valence-corrected chi connectivity index (χ1v) is 8.88. The number of aryl methyl sites for hydroxylation is 2. The number of alkyl halides is 3. The Hall–Kier alpha value is -2.06. The smallest absolute Gasteiger partial charge is 0.416 e. The predicted octanol–water partition coefficient (Wildman–Crippen LogP) is 3.81. The number of aliphatic hydroxyl groups excluding tert-OH is 1. The minimum atomic E-state index is -4.46. The van der Waals surface area contributed by atoms with Crippen LogP contribution >= 0.6 is 11.3 Å². The van der Waals surface area contributed by atoms with Crippen LogP contribution in [0.4, 0.5) is 13.2 Å². The van der Waals surface area contributed by atoms with E-state index in [0.717, 1.165) is 29.0 Å². The largest absolute Gasteiger partial charge is 0.491 e. The first-order chi connectivity index (χ1) is 12.2. The third-order valence-electron chi connectivity index (χ3n) is 3.67. The highest BCUT2D eigenvalue weighted by molar-refractivity contribution is 7.14. The van der Waals surface area contributed by atoms with Crippen LogP contribution in [0.2, 0.25) is 0 Å². The molecule has 0 aliphatic rings. The summed E-state index contributed by atoms with van der Waals surface area (Å²) in [4.78, 5) is 13.8. The fraction of sp³-hybridized carbons (Fsp3) is 0.389. The Morgan fingerprint density at radius 3 is 2.69 bits per heavy atom. The topological polar surface area (TPSA) is 58.6 Å². The van der Waals surface area contributed by atoms with Gasteiger partial charge in [0, 0.05) is 11.4 Å². The van der Waals surface area contributed by atoms with Crippen molar-refractivity contribution in [3.05, 3.63) is 51.2 Å². The van der Waals surface area contributed by atoms with Gasteiger partial charge in [-0.05, 0) is 43.2 Å². The maximum Gasteiger partial charge on any atom is 0.416 e. The monoisotopic (exact) mass is 387 g/mol. The minimum absolute atomic E-state index is 0.00618. The van der Waals surface area contributed by atoms with Gasteiger partial charge in [0.2, 0.25) is 0 Å². The Morgan fingerprint density at radius 1 is 1.35 bits per heavy atom. The van der Waals surface area contributed by atoms with Gasteiger partial charge in [0.05, 0.1) is 10.4 Å². The van der Waals surface area contributed by atoms with Crippen LogP contribution in [0.5, 0.6) is 5.75 Å². The molecule has 2 N–H and O–H groups in total.